The van der Waals surface area contributed by atoms with Crippen LogP contribution in [0.15, 0.2) is 47.6 Å². The molecule has 1 N–H and O–H groups in total. The van der Waals surface area contributed by atoms with Gasteiger partial charge in [0.25, 0.3) is 0 Å². The van der Waals surface area contributed by atoms with Crippen LogP contribution >= 0.6 is 11.8 Å². The zero-order valence-electron chi connectivity index (χ0n) is 14.5. The summed E-state index contributed by atoms with van der Waals surface area (Å²) >= 11 is 1.76. The van der Waals surface area contributed by atoms with Crippen molar-refractivity contribution in [2.45, 2.75) is 30.2 Å². The topological polar surface area (TPSA) is 41.1 Å². The third-order valence-corrected chi connectivity index (χ3v) is 5.64. The van der Waals surface area contributed by atoms with E-state index in [2.05, 4.69) is 39.1 Å². The monoisotopic (exact) mass is 353 g/mol. The highest BCUT2D eigenvalue weighted by atomic mass is 32.2. The van der Waals surface area contributed by atoms with Gasteiger partial charge in [0.05, 0.1) is 18.1 Å². The molecule has 1 aliphatic heterocycles. The van der Waals surface area contributed by atoms with E-state index in [1.807, 2.05) is 18.2 Å². The van der Waals surface area contributed by atoms with E-state index in [1.54, 1.807) is 18.9 Å². The second-order valence-corrected chi connectivity index (χ2v) is 7.35. The fourth-order valence-corrected chi connectivity index (χ4v) is 4.26. The van der Waals surface area contributed by atoms with Gasteiger partial charge < -0.3 is 14.6 Å². The maximum atomic E-state index is 5.28. The number of piperidine rings is 1. The average molecular weight is 353 g/mol. The highest BCUT2D eigenvalue weighted by Gasteiger charge is 2.14. The summed E-state index contributed by atoms with van der Waals surface area (Å²) in [6.45, 7) is 2.35. The molecule has 0 saturated carbocycles. The predicted molar refractivity (Wildman–Crippen MR) is 105 cm³/mol. The molecular weight excluding hydrogens is 330 g/mol. The fraction of sp³-hybridized carbons (Fsp3) is 0.350. The molecule has 130 valence electrons. The molecule has 1 fully saturated rings. The maximum Gasteiger partial charge on any atom is 0.166 e. The molecule has 0 aliphatic carbocycles. The van der Waals surface area contributed by atoms with Gasteiger partial charge in [-0.3, -0.25) is 0 Å². The molecule has 25 heavy (non-hydrogen) atoms. The smallest absolute Gasteiger partial charge is 0.166 e. The molecule has 0 spiro atoms. The number of rotatable bonds is 5. The van der Waals surface area contributed by atoms with E-state index in [0.717, 1.165) is 27.7 Å². The molecule has 1 saturated heterocycles. The Kier molecular flexibility index (Phi) is 4.83. The largest absolute Gasteiger partial charge is 0.497 e. The van der Waals surface area contributed by atoms with Crippen molar-refractivity contribution in [3.05, 3.63) is 48.0 Å². The van der Waals surface area contributed by atoms with Crippen LogP contribution < -0.4 is 9.64 Å². The van der Waals surface area contributed by atoms with Gasteiger partial charge in [-0.25, -0.2) is 4.98 Å². The predicted octanol–water partition coefficient (Wildman–Crippen LogP) is 4.85. The number of nitrogens with one attached hydrogen (secondary N) is 1. The van der Waals surface area contributed by atoms with E-state index in [-0.39, 0.29) is 0 Å². The molecule has 0 bridgehead atoms. The molecule has 2 heterocycles. The number of hydrogen-bond donors (Lipinski definition) is 1. The Morgan fingerprint density at radius 2 is 1.96 bits per heavy atom. The molecule has 4 nitrogen and oxygen atoms in total. The van der Waals surface area contributed by atoms with Crippen LogP contribution in [0.2, 0.25) is 0 Å². The lowest BCUT2D eigenvalue weighted by atomic mass is 10.1. The fourth-order valence-electron chi connectivity index (χ4n) is 3.38. The van der Waals surface area contributed by atoms with Gasteiger partial charge in [0, 0.05) is 30.6 Å². The van der Waals surface area contributed by atoms with E-state index >= 15 is 0 Å². The lowest BCUT2D eigenvalue weighted by molar-refractivity contribution is 0.415. The molecule has 0 unspecified atom stereocenters. The van der Waals surface area contributed by atoms with Crippen molar-refractivity contribution in [3.8, 4) is 5.75 Å². The quantitative estimate of drug-likeness (QED) is 0.666. The first-order chi connectivity index (χ1) is 12.3. The number of para-hydroxylation sites is 1. The lowest BCUT2D eigenvalue weighted by Crippen LogP contribution is -2.30. The van der Waals surface area contributed by atoms with Gasteiger partial charge >= 0.3 is 0 Å². The van der Waals surface area contributed by atoms with Crippen molar-refractivity contribution in [1.82, 2.24) is 9.97 Å². The van der Waals surface area contributed by atoms with Crippen molar-refractivity contribution in [3.63, 3.8) is 0 Å². The van der Waals surface area contributed by atoms with Gasteiger partial charge in [0.15, 0.2) is 5.16 Å². The normalized spacial score (nSPS) is 14.8. The molecule has 0 atom stereocenters. The van der Waals surface area contributed by atoms with E-state index < -0.39 is 0 Å². The van der Waals surface area contributed by atoms with Crippen molar-refractivity contribution < 1.29 is 4.74 Å². The second kappa shape index (κ2) is 7.40. The first kappa shape index (κ1) is 16.3. The van der Waals surface area contributed by atoms with Gasteiger partial charge in [0.1, 0.15) is 5.75 Å². The summed E-state index contributed by atoms with van der Waals surface area (Å²) in [5, 5.41) is 0.955. The molecular formula is C20H23N3OS. The number of nitrogens with zero attached hydrogens (tertiary/aromatic N) is 2. The number of anilines is 1. The molecule has 3 aromatic rings. The van der Waals surface area contributed by atoms with Crippen LogP contribution in [0.4, 0.5) is 5.69 Å². The van der Waals surface area contributed by atoms with Crippen molar-refractivity contribution in [2.24, 2.45) is 0 Å². The molecule has 1 aliphatic rings. The summed E-state index contributed by atoms with van der Waals surface area (Å²) in [6, 6.07) is 14.7. The van der Waals surface area contributed by atoms with Gasteiger partial charge in [-0.15, -0.1) is 0 Å². The third kappa shape index (κ3) is 3.61. The van der Waals surface area contributed by atoms with E-state index in [4.69, 9.17) is 4.74 Å². The minimum Gasteiger partial charge on any atom is -0.497 e. The van der Waals surface area contributed by atoms with Gasteiger partial charge in [0.2, 0.25) is 0 Å². The Hall–Kier alpha value is -2.14. The molecule has 0 radical (unpaired) electrons. The van der Waals surface area contributed by atoms with Gasteiger partial charge in [-0.05, 0) is 43.0 Å². The summed E-state index contributed by atoms with van der Waals surface area (Å²) < 4.78 is 5.28. The van der Waals surface area contributed by atoms with Crippen molar-refractivity contribution >= 4 is 28.5 Å². The maximum absolute atomic E-state index is 5.28. The average Bonchev–Trinajstić information content (AvgIpc) is 3.09. The number of hydrogen-bond acceptors (Lipinski definition) is 4. The van der Waals surface area contributed by atoms with E-state index in [0.29, 0.717) is 0 Å². The molecule has 1 aromatic heterocycles. The zero-order valence-corrected chi connectivity index (χ0v) is 15.3. The van der Waals surface area contributed by atoms with Crippen molar-refractivity contribution in [1.29, 1.82) is 0 Å². The summed E-state index contributed by atoms with van der Waals surface area (Å²) in [4.78, 5) is 10.6. The van der Waals surface area contributed by atoms with Crippen LogP contribution in [0.5, 0.6) is 5.75 Å². The molecule has 4 rings (SSSR count). The number of thioether (sulfide) groups is 1. The molecule has 2 aromatic carbocycles. The number of fused-ring (bicyclic) bond motifs is 1. The number of aromatic nitrogens is 2. The Morgan fingerprint density at radius 3 is 2.80 bits per heavy atom. The SMILES string of the molecule is COc1ccc2nc(SCc3ccccc3N3CCCCC3)[nH]c2c1. The lowest BCUT2D eigenvalue weighted by Gasteiger charge is -2.30. The number of methoxy groups -OCH3 is 1. The number of benzene rings is 2. The Labute approximate surface area is 152 Å². The van der Waals surface area contributed by atoms with Gasteiger partial charge in [-0.2, -0.15) is 0 Å². The minimum absolute atomic E-state index is 0.850. The number of aromatic amines is 1. The summed E-state index contributed by atoms with van der Waals surface area (Å²) in [7, 11) is 1.69. The highest BCUT2D eigenvalue weighted by Crippen LogP contribution is 2.30. The van der Waals surface area contributed by atoms with Crippen LogP contribution in [0.3, 0.4) is 0 Å². The van der Waals surface area contributed by atoms with Crippen LogP contribution in [0.25, 0.3) is 11.0 Å². The molecule has 5 heteroatoms. The van der Waals surface area contributed by atoms with Crippen molar-refractivity contribution in [2.75, 3.05) is 25.1 Å². The van der Waals surface area contributed by atoms with Crippen LogP contribution in [-0.2, 0) is 5.75 Å². The van der Waals surface area contributed by atoms with Crippen LogP contribution in [-0.4, -0.2) is 30.2 Å². The Morgan fingerprint density at radius 1 is 1.12 bits per heavy atom. The Balaban J connectivity index is 1.51. The third-order valence-electron chi connectivity index (χ3n) is 4.72. The standard InChI is InChI=1S/C20H23N3OS/c1-24-16-9-10-17-18(13-16)22-20(21-17)25-14-15-7-3-4-8-19(15)23-11-5-2-6-12-23/h3-4,7-10,13H,2,5-6,11-12,14H2,1H3,(H,21,22). The number of ether oxygens (including phenoxy) is 1. The van der Waals surface area contributed by atoms with E-state index in [9.17, 15) is 0 Å². The number of imidazole rings is 1. The summed E-state index contributed by atoms with van der Waals surface area (Å²) in [6.07, 6.45) is 3.95. The highest BCUT2D eigenvalue weighted by molar-refractivity contribution is 7.98. The second-order valence-electron chi connectivity index (χ2n) is 6.39. The van der Waals surface area contributed by atoms with Crippen LogP contribution in [0, 0.1) is 0 Å². The zero-order chi connectivity index (χ0) is 17.1. The first-order valence-electron chi connectivity index (χ1n) is 8.83. The van der Waals surface area contributed by atoms with E-state index in [1.165, 1.54) is 43.6 Å². The first-order valence-corrected chi connectivity index (χ1v) is 9.81. The summed E-state index contributed by atoms with van der Waals surface area (Å²) in [5.74, 6) is 1.77. The minimum atomic E-state index is 0.850. The Bertz CT molecular complexity index is 855. The number of H-pyrrole nitrogens is 1. The summed E-state index contributed by atoms with van der Waals surface area (Å²) in [5.41, 5.74) is 4.76. The van der Waals surface area contributed by atoms with Gasteiger partial charge in [-0.1, -0.05) is 30.0 Å². The molecule has 0 amide bonds. The van der Waals surface area contributed by atoms with Crippen LogP contribution in [0.1, 0.15) is 24.8 Å².